The molecule has 1 fully saturated rings. The van der Waals surface area contributed by atoms with Crippen LogP contribution in [-0.4, -0.2) is 33.3 Å². The van der Waals surface area contributed by atoms with E-state index in [1.165, 1.54) is 6.07 Å². The Morgan fingerprint density at radius 3 is 3.00 bits per heavy atom. The molecule has 0 spiro atoms. The SMILES string of the molecule is COc1ccc(F)c(N2CCCNCC2)c1. The number of anilines is 1. The van der Waals surface area contributed by atoms with E-state index in [0.29, 0.717) is 11.4 Å². The van der Waals surface area contributed by atoms with Gasteiger partial charge in [0.15, 0.2) is 0 Å². The molecule has 3 nitrogen and oxygen atoms in total. The zero-order valence-electron chi connectivity index (χ0n) is 9.50. The predicted molar refractivity (Wildman–Crippen MR) is 62.7 cm³/mol. The van der Waals surface area contributed by atoms with Gasteiger partial charge in [0.25, 0.3) is 0 Å². The van der Waals surface area contributed by atoms with E-state index >= 15 is 0 Å². The lowest BCUT2D eigenvalue weighted by molar-refractivity contribution is 0.413. The van der Waals surface area contributed by atoms with Gasteiger partial charge in [-0.25, -0.2) is 4.39 Å². The van der Waals surface area contributed by atoms with Crippen molar-refractivity contribution >= 4 is 5.69 Å². The summed E-state index contributed by atoms with van der Waals surface area (Å²) in [6.07, 6.45) is 1.04. The summed E-state index contributed by atoms with van der Waals surface area (Å²) in [5, 5.41) is 3.30. The zero-order chi connectivity index (χ0) is 11.4. The molecule has 1 aromatic carbocycles. The summed E-state index contributed by atoms with van der Waals surface area (Å²) in [6, 6.07) is 4.88. The normalized spacial score (nSPS) is 17.0. The Hall–Kier alpha value is -1.29. The summed E-state index contributed by atoms with van der Waals surface area (Å²) < 4.78 is 18.8. The minimum atomic E-state index is -0.178. The number of hydrogen-bond donors (Lipinski definition) is 1. The summed E-state index contributed by atoms with van der Waals surface area (Å²) in [6.45, 7) is 3.62. The molecule has 1 aliphatic rings. The average molecular weight is 224 g/mol. The minimum Gasteiger partial charge on any atom is -0.497 e. The third kappa shape index (κ3) is 2.44. The monoisotopic (exact) mass is 224 g/mol. The molecule has 1 saturated heterocycles. The van der Waals surface area contributed by atoms with Crippen molar-refractivity contribution in [3.05, 3.63) is 24.0 Å². The van der Waals surface area contributed by atoms with E-state index in [4.69, 9.17) is 4.74 Å². The van der Waals surface area contributed by atoms with Gasteiger partial charge in [0.2, 0.25) is 0 Å². The van der Waals surface area contributed by atoms with Crippen LogP contribution in [0, 0.1) is 5.82 Å². The zero-order valence-corrected chi connectivity index (χ0v) is 9.50. The van der Waals surface area contributed by atoms with E-state index in [9.17, 15) is 4.39 Å². The van der Waals surface area contributed by atoms with Crippen molar-refractivity contribution < 1.29 is 9.13 Å². The van der Waals surface area contributed by atoms with Crippen LogP contribution in [0.3, 0.4) is 0 Å². The van der Waals surface area contributed by atoms with E-state index in [2.05, 4.69) is 10.2 Å². The van der Waals surface area contributed by atoms with Crippen LogP contribution in [0.15, 0.2) is 18.2 Å². The second kappa shape index (κ2) is 5.16. The molecule has 1 heterocycles. The molecule has 1 aromatic rings. The van der Waals surface area contributed by atoms with Gasteiger partial charge in [0.1, 0.15) is 11.6 Å². The van der Waals surface area contributed by atoms with Crippen molar-refractivity contribution in [2.75, 3.05) is 38.2 Å². The van der Waals surface area contributed by atoms with Crippen LogP contribution in [0.5, 0.6) is 5.75 Å². The van der Waals surface area contributed by atoms with Gasteiger partial charge in [-0.05, 0) is 25.1 Å². The first kappa shape index (κ1) is 11.2. The lowest BCUT2D eigenvalue weighted by atomic mass is 10.2. The summed E-state index contributed by atoms with van der Waals surface area (Å²) in [4.78, 5) is 2.07. The smallest absolute Gasteiger partial charge is 0.146 e. The number of benzene rings is 1. The number of rotatable bonds is 2. The Bertz CT molecular complexity index is 349. The van der Waals surface area contributed by atoms with E-state index in [1.807, 2.05) is 0 Å². The topological polar surface area (TPSA) is 24.5 Å². The number of methoxy groups -OCH3 is 1. The van der Waals surface area contributed by atoms with Crippen LogP contribution in [0.4, 0.5) is 10.1 Å². The van der Waals surface area contributed by atoms with Gasteiger partial charge in [-0.3, -0.25) is 0 Å². The summed E-state index contributed by atoms with van der Waals surface area (Å²) in [7, 11) is 1.60. The molecule has 16 heavy (non-hydrogen) atoms. The maximum atomic E-state index is 13.7. The van der Waals surface area contributed by atoms with E-state index < -0.39 is 0 Å². The maximum absolute atomic E-state index is 13.7. The molecule has 0 bridgehead atoms. The highest BCUT2D eigenvalue weighted by Crippen LogP contribution is 2.25. The van der Waals surface area contributed by atoms with Gasteiger partial charge in [-0.2, -0.15) is 0 Å². The molecule has 0 atom stereocenters. The van der Waals surface area contributed by atoms with Gasteiger partial charge < -0.3 is 15.0 Å². The Labute approximate surface area is 95.2 Å². The third-order valence-electron chi connectivity index (χ3n) is 2.83. The van der Waals surface area contributed by atoms with Crippen LogP contribution < -0.4 is 15.0 Å². The van der Waals surface area contributed by atoms with Crippen LogP contribution in [0.25, 0.3) is 0 Å². The number of nitrogens with zero attached hydrogens (tertiary/aromatic N) is 1. The van der Waals surface area contributed by atoms with Crippen molar-refractivity contribution in [3.63, 3.8) is 0 Å². The molecular weight excluding hydrogens is 207 g/mol. The Balaban J connectivity index is 2.22. The highest BCUT2D eigenvalue weighted by atomic mass is 19.1. The number of nitrogens with one attached hydrogen (secondary N) is 1. The van der Waals surface area contributed by atoms with Crippen LogP contribution in [0.2, 0.25) is 0 Å². The van der Waals surface area contributed by atoms with Crippen molar-refractivity contribution in [2.24, 2.45) is 0 Å². The summed E-state index contributed by atoms with van der Waals surface area (Å²) in [5.74, 6) is 0.524. The third-order valence-corrected chi connectivity index (χ3v) is 2.83. The molecule has 88 valence electrons. The van der Waals surface area contributed by atoms with Crippen molar-refractivity contribution in [1.82, 2.24) is 5.32 Å². The molecule has 1 N–H and O–H groups in total. The predicted octanol–water partition coefficient (Wildman–Crippen LogP) is 1.63. The molecule has 2 rings (SSSR count). The molecule has 0 amide bonds. The van der Waals surface area contributed by atoms with Gasteiger partial charge in [0.05, 0.1) is 12.8 Å². The highest BCUT2D eigenvalue weighted by Gasteiger charge is 2.14. The van der Waals surface area contributed by atoms with Crippen molar-refractivity contribution in [1.29, 1.82) is 0 Å². The Morgan fingerprint density at radius 2 is 2.19 bits per heavy atom. The second-order valence-electron chi connectivity index (χ2n) is 3.91. The first-order valence-corrected chi connectivity index (χ1v) is 5.60. The van der Waals surface area contributed by atoms with Gasteiger partial charge in [0, 0.05) is 25.7 Å². The number of halogens is 1. The Kier molecular flexibility index (Phi) is 3.62. The first-order valence-electron chi connectivity index (χ1n) is 5.60. The second-order valence-corrected chi connectivity index (χ2v) is 3.91. The van der Waals surface area contributed by atoms with Gasteiger partial charge in [-0.1, -0.05) is 0 Å². The Morgan fingerprint density at radius 1 is 1.31 bits per heavy atom. The summed E-state index contributed by atoms with van der Waals surface area (Å²) >= 11 is 0. The average Bonchev–Trinajstić information content (AvgIpc) is 2.58. The molecule has 0 unspecified atom stereocenters. The van der Waals surface area contributed by atoms with E-state index in [0.717, 1.165) is 32.6 Å². The van der Waals surface area contributed by atoms with E-state index in [1.54, 1.807) is 19.2 Å². The fraction of sp³-hybridized carbons (Fsp3) is 0.500. The van der Waals surface area contributed by atoms with Crippen LogP contribution >= 0.6 is 0 Å². The number of ether oxygens (including phenoxy) is 1. The van der Waals surface area contributed by atoms with Gasteiger partial charge in [-0.15, -0.1) is 0 Å². The molecule has 1 aliphatic heterocycles. The minimum absolute atomic E-state index is 0.178. The quantitative estimate of drug-likeness (QED) is 0.826. The van der Waals surface area contributed by atoms with Crippen LogP contribution in [-0.2, 0) is 0 Å². The molecule has 4 heteroatoms. The molecular formula is C12H17FN2O. The van der Waals surface area contributed by atoms with Crippen molar-refractivity contribution in [3.8, 4) is 5.75 Å². The number of hydrogen-bond acceptors (Lipinski definition) is 3. The molecule has 0 saturated carbocycles. The van der Waals surface area contributed by atoms with Gasteiger partial charge >= 0.3 is 0 Å². The molecule has 0 aromatic heterocycles. The maximum Gasteiger partial charge on any atom is 0.146 e. The molecule has 0 radical (unpaired) electrons. The largest absolute Gasteiger partial charge is 0.497 e. The van der Waals surface area contributed by atoms with Crippen molar-refractivity contribution in [2.45, 2.75) is 6.42 Å². The first-order chi connectivity index (χ1) is 7.81. The van der Waals surface area contributed by atoms with E-state index in [-0.39, 0.29) is 5.82 Å². The molecule has 0 aliphatic carbocycles. The highest BCUT2D eigenvalue weighted by molar-refractivity contribution is 5.52. The lowest BCUT2D eigenvalue weighted by Gasteiger charge is -2.23. The lowest BCUT2D eigenvalue weighted by Crippen LogP contribution is -2.28. The fourth-order valence-corrected chi connectivity index (χ4v) is 1.95. The standard InChI is InChI=1S/C12H17FN2O/c1-16-10-3-4-11(13)12(9-10)15-7-2-5-14-6-8-15/h3-4,9,14H,2,5-8H2,1H3. The fourth-order valence-electron chi connectivity index (χ4n) is 1.95. The van der Waals surface area contributed by atoms with Crippen LogP contribution in [0.1, 0.15) is 6.42 Å². The summed E-state index contributed by atoms with van der Waals surface area (Å²) in [5.41, 5.74) is 0.642.